The van der Waals surface area contributed by atoms with Crippen molar-refractivity contribution in [3.63, 3.8) is 0 Å². The summed E-state index contributed by atoms with van der Waals surface area (Å²) in [4.78, 5) is 13.1. The zero-order valence-corrected chi connectivity index (χ0v) is 17.1. The van der Waals surface area contributed by atoms with Crippen LogP contribution in [0.1, 0.15) is 40.9 Å². The summed E-state index contributed by atoms with van der Waals surface area (Å²) in [6.45, 7) is 3.91. The molecule has 1 aliphatic rings. The first-order valence-corrected chi connectivity index (χ1v) is 9.77. The molecule has 0 atom stereocenters. The van der Waals surface area contributed by atoms with Gasteiger partial charge in [-0.15, -0.1) is 0 Å². The van der Waals surface area contributed by atoms with E-state index in [0.29, 0.717) is 12.4 Å². The standard InChI is InChI=1S/C25H22O6/c1-25(2)11-10-17-22(28)19(13-21(27)24(17)31-25)23(29)18-12-16(8-9-20(18)26)30-14-15-6-4-3-5-7-15/h3-13,26-28H,14H2,1-2H3. The quantitative estimate of drug-likeness (QED) is 0.407. The Morgan fingerprint density at radius 3 is 2.45 bits per heavy atom. The molecular weight excluding hydrogens is 396 g/mol. The number of ether oxygens (including phenoxy) is 2. The second kappa shape index (κ2) is 7.72. The second-order valence-corrected chi connectivity index (χ2v) is 7.86. The largest absolute Gasteiger partial charge is 0.507 e. The lowest BCUT2D eigenvalue weighted by molar-refractivity contribution is 0.103. The van der Waals surface area contributed by atoms with Crippen molar-refractivity contribution < 1.29 is 29.6 Å². The number of rotatable bonds is 5. The molecule has 1 aliphatic heterocycles. The molecule has 31 heavy (non-hydrogen) atoms. The van der Waals surface area contributed by atoms with Gasteiger partial charge in [0.05, 0.1) is 16.7 Å². The fourth-order valence-corrected chi connectivity index (χ4v) is 3.35. The molecule has 0 radical (unpaired) electrons. The first-order valence-electron chi connectivity index (χ1n) is 9.77. The average molecular weight is 418 g/mol. The van der Waals surface area contributed by atoms with Gasteiger partial charge in [-0.1, -0.05) is 30.3 Å². The predicted molar refractivity (Wildman–Crippen MR) is 116 cm³/mol. The molecule has 0 aromatic heterocycles. The summed E-state index contributed by atoms with van der Waals surface area (Å²) in [5, 5.41) is 31.4. The highest BCUT2D eigenvalue weighted by atomic mass is 16.5. The molecule has 1 heterocycles. The van der Waals surface area contributed by atoms with Crippen LogP contribution in [0.2, 0.25) is 0 Å². The molecule has 3 aromatic carbocycles. The third kappa shape index (κ3) is 4.05. The van der Waals surface area contributed by atoms with E-state index in [4.69, 9.17) is 9.47 Å². The van der Waals surface area contributed by atoms with E-state index in [9.17, 15) is 20.1 Å². The van der Waals surface area contributed by atoms with Crippen LogP contribution in [0, 0.1) is 0 Å². The lowest BCUT2D eigenvalue weighted by Gasteiger charge is -2.29. The molecule has 6 heteroatoms. The van der Waals surface area contributed by atoms with E-state index in [0.717, 1.165) is 11.6 Å². The lowest BCUT2D eigenvalue weighted by atomic mass is 9.95. The summed E-state index contributed by atoms with van der Waals surface area (Å²) >= 11 is 0. The van der Waals surface area contributed by atoms with Crippen LogP contribution >= 0.6 is 0 Å². The van der Waals surface area contributed by atoms with E-state index in [1.54, 1.807) is 32.1 Å². The van der Waals surface area contributed by atoms with Crippen LogP contribution in [-0.4, -0.2) is 26.7 Å². The molecule has 0 fully saturated rings. The van der Waals surface area contributed by atoms with Gasteiger partial charge in [0.15, 0.2) is 11.5 Å². The van der Waals surface area contributed by atoms with Gasteiger partial charge >= 0.3 is 0 Å². The van der Waals surface area contributed by atoms with Gasteiger partial charge < -0.3 is 24.8 Å². The monoisotopic (exact) mass is 418 g/mol. The molecule has 4 rings (SSSR count). The normalized spacial score (nSPS) is 13.9. The summed E-state index contributed by atoms with van der Waals surface area (Å²) in [5.41, 5.74) is 0.292. The Morgan fingerprint density at radius 1 is 0.968 bits per heavy atom. The summed E-state index contributed by atoms with van der Waals surface area (Å²) in [5.74, 6) is -1.04. The first-order chi connectivity index (χ1) is 14.7. The highest BCUT2D eigenvalue weighted by molar-refractivity contribution is 6.13. The van der Waals surface area contributed by atoms with Crippen LogP contribution in [0.25, 0.3) is 6.08 Å². The molecule has 0 aliphatic carbocycles. The van der Waals surface area contributed by atoms with Gasteiger partial charge in [0, 0.05) is 0 Å². The van der Waals surface area contributed by atoms with Gasteiger partial charge in [-0.3, -0.25) is 4.79 Å². The Balaban J connectivity index is 1.66. The number of aromatic hydroxyl groups is 3. The zero-order valence-electron chi connectivity index (χ0n) is 17.1. The van der Waals surface area contributed by atoms with E-state index < -0.39 is 11.4 Å². The van der Waals surface area contributed by atoms with Gasteiger partial charge in [0.25, 0.3) is 0 Å². The maximum Gasteiger partial charge on any atom is 0.200 e. The lowest BCUT2D eigenvalue weighted by Crippen LogP contribution is -2.27. The number of benzene rings is 3. The Hall–Kier alpha value is -3.93. The van der Waals surface area contributed by atoms with Crippen molar-refractivity contribution in [2.75, 3.05) is 0 Å². The van der Waals surface area contributed by atoms with Crippen molar-refractivity contribution in [3.05, 3.63) is 82.9 Å². The number of carbonyl (C=O) groups excluding carboxylic acids is 1. The molecule has 0 unspecified atom stereocenters. The first kappa shape index (κ1) is 20.3. The molecule has 3 aromatic rings. The summed E-state index contributed by atoms with van der Waals surface area (Å²) in [6.07, 6.45) is 3.32. The molecule has 0 bridgehead atoms. The van der Waals surface area contributed by atoms with Gasteiger partial charge in [-0.05, 0) is 55.8 Å². The predicted octanol–water partition coefficient (Wildman–Crippen LogP) is 4.80. The molecular formula is C25H22O6. The minimum Gasteiger partial charge on any atom is -0.507 e. The highest BCUT2D eigenvalue weighted by Crippen LogP contribution is 2.45. The van der Waals surface area contributed by atoms with Gasteiger partial charge in [-0.2, -0.15) is 0 Å². The zero-order chi connectivity index (χ0) is 22.2. The maximum atomic E-state index is 13.1. The van der Waals surface area contributed by atoms with Crippen molar-refractivity contribution in [2.24, 2.45) is 0 Å². The van der Waals surface area contributed by atoms with Gasteiger partial charge in [0.2, 0.25) is 5.78 Å². The minimum absolute atomic E-state index is 0.0544. The number of fused-ring (bicyclic) bond motifs is 1. The smallest absolute Gasteiger partial charge is 0.200 e. The van der Waals surface area contributed by atoms with Crippen molar-refractivity contribution in [1.29, 1.82) is 0 Å². The van der Waals surface area contributed by atoms with E-state index in [1.165, 1.54) is 12.1 Å². The highest BCUT2D eigenvalue weighted by Gasteiger charge is 2.30. The fourth-order valence-electron chi connectivity index (χ4n) is 3.35. The number of hydrogen-bond donors (Lipinski definition) is 3. The van der Waals surface area contributed by atoms with E-state index in [2.05, 4.69) is 0 Å². The second-order valence-electron chi connectivity index (χ2n) is 7.86. The van der Waals surface area contributed by atoms with Crippen molar-refractivity contribution in [1.82, 2.24) is 0 Å². The molecule has 0 saturated heterocycles. The molecule has 6 nitrogen and oxygen atoms in total. The van der Waals surface area contributed by atoms with Crippen LogP contribution in [0.5, 0.6) is 28.7 Å². The summed E-state index contributed by atoms with van der Waals surface area (Å²) in [6, 6.07) is 15.0. The molecule has 0 amide bonds. The van der Waals surface area contributed by atoms with Gasteiger partial charge in [0.1, 0.15) is 29.5 Å². The van der Waals surface area contributed by atoms with Crippen molar-refractivity contribution >= 4 is 11.9 Å². The van der Waals surface area contributed by atoms with E-state index in [-0.39, 0.29) is 39.7 Å². The SMILES string of the molecule is CC1(C)C=Cc2c(O)c(C(=O)c3cc(OCc4ccccc4)ccc3O)cc(O)c2O1. The molecule has 0 saturated carbocycles. The topological polar surface area (TPSA) is 96.2 Å². The maximum absolute atomic E-state index is 13.1. The average Bonchev–Trinajstić information content (AvgIpc) is 2.75. The van der Waals surface area contributed by atoms with Crippen molar-refractivity contribution in [3.8, 4) is 28.7 Å². The Bertz CT molecular complexity index is 1180. The third-order valence-electron chi connectivity index (χ3n) is 4.99. The van der Waals surface area contributed by atoms with Crippen LogP contribution in [0.3, 0.4) is 0 Å². The number of phenols is 3. The number of hydrogen-bond acceptors (Lipinski definition) is 6. The van der Waals surface area contributed by atoms with Crippen LogP contribution < -0.4 is 9.47 Å². The number of carbonyl (C=O) groups is 1. The van der Waals surface area contributed by atoms with E-state index in [1.807, 2.05) is 30.3 Å². The number of phenolic OH excluding ortho intramolecular Hbond substituents is 3. The van der Waals surface area contributed by atoms with Crippen LogP contribution in [0.15, 0.2) is 60.7 Å². The summed E-state index contributed by atoms with van der Waals surface area (Å²) < 4.78 is 11.4. The van der Waals surface area contributed by atoms with Crippen LogP contribution in [-0.2, 0) is 6.61 Å². The Kier molecular flexibility index (Phi) is 5.07. The molecule has 158 valence electrons. The van der Waals surface area contributed by atoms with Gasteiger partial charge in [-0.25, -0.2) is 0 Å². The molecule has 0 spiro atoms. The van der Waals surface area contributed by atoms with Crippen molar-refractivity contribution in [2.45, 2.75) is 26.1 Å². The fraction of sp³-hybridized carbons (Fsp3) is 0.160. The Morgan fingerprint density at radius 2 is 1.71 bits per heavy atom. The van der Waals surface area contributed by atoms with Crippen LogP contribution in [0.4, 0.5) is 0 Å². The Labute approximate surface area is 179 Å². The molecule has 3 N–H and O–H groups in total. The third-order valence-corrected chi connectivity index (χ3v) is 4.99. The summed E-state index contributed by atoms with van der Waals surface area (Å²) in [7, 11) is 0. The van der Waals surface area contributed by atoms with E-state index >= 15 is 0 Å². The number of ketones is 1. The minimum atomic E-state index is -0.662.